The smallest absolute Gasteiger partial charge is 0.275 e. The minimum atomic E-state index is -0.467. The van der Waals surface area contributed by atoms with Crippen molar-refractivity contribution in [2.75, 3.05) is 6.61 Å². The molecule has 0 unspecified atom stereocenters. The molecule has 0 aliphatic heterocycles. The molecule has 0 heterocycles. The van der Waals surface area contributed by atoms with Gasteiger partial charge < -0.3 is 4.74 Å². The van der Waals surface area contributed by atoms with Crippen LogP contribution >= 0.6 is 0 Å². The van der Waals surface area contributed by atoms with Crippen molar-refractivity contribution < 1.29 is 14.5 Å². The monoisotopic (exact) mass is 341 g/mol. The molecule has 7 heteroatoms. The van der Waals surface area contributed by atoms with E-state index in [0.29, 0.717) is 29.2 Å². The average molecular weight is 341 g/mol. The first-order chi connectivity index (χ1) is 12.0. The minimum absolute atomic E-state index is 0.00239. The fourth-order valence-corrected chi connectivity index (χ4v) is 2.08. The summed E-state index contributed by atoms with van der Waals surface area (Å²) in [7, 11) is 0. The van der Waals surface area contributed by atoms with Crippen molar-refractivity contribution in [1.29, 1.82) is 0 Å². The zero-order chi connectivity index (χ0) is 18.2. The third kappa shape index (κ3) is 4.87. The molecule has 0 aromatic heterocycles. The van der Waals surface area contributed by atoms with Gasteiger partial charge in [-0.2, -0.15) is 5.10 Å². The third-order valence-corrected chi connectivity index (χ3v) is 3.41. The number of nitrogens with zero attached hydrogens (tertiary/aromatic N) is 2. The van der Waals surface area contributed by atoms with Crippen molar-refractivity contribution in [3.8, 4) is 5.75 Å². The van der Waals surface area contributed by atoms with Crippen LogP contribution in [-0.2, 0) is 0 Å². The van der Waals surface area contributed by atoms with E-state index in [1.54, 1.807) is 43.3 Å². The molecule has 2 aromatic carbocycles. The van der Waals surface area contributed by atoms with E-state index in [9.17, 15) is 14.9 Å². The van der Waals surface area contributed by atoms with E-state index in [2.05, 4.69) is 10.5 Å². The van der Waals surface area contributed by atoms with E-state index in [1.807, 2.05) is 6.92 Å². The standard InChI is InChI=1S/C18H19N3O4/c1-3-12-25-17-7-5-4-6-16(17)18(22)20-19-13(2)14-8-10-15(11-9-14)21(23)24/h4-11H,3,12H2,1-2H3,(H,20,22). The van der Waals surface area contributed by atoms with Gasteiger partial charge in [0.2, 0.25) is 0 Å². The Kier molecular flexibility index (Phi) is 6.22. The fraction of sp³-hybridized carbons (Fsp3) is 0.222. The molecule has 130 valence electrons. The van der Waals surface area contributed by atoms with E-state index in [1.165, 1.54) is 12.1 Å². The number of hydrogen-bond donors (Lipinski definition) is 1. The molecule has 1 N–H and O–H groups in total. The molecule has 0 spiro atoms. The first-order valence-electron chi connectivity index (χ1n) is 7.84. The van der Waals surface area contributed by atoms with Gasteiger partial charge in [0.15, 0.2) is 0 Å². The summed E-state index contributed by atoms with van der Waals surface area (Å²) in [6.45, 7) is 4.22. The Balaban J connectivity index is 2.10. The number of para-hydroxylation sites is 1. The van der Waals surface area contributed by atoms with Crippen molar-refractivity contribution in [3.63, 3.8) is 0 Å². The van der Waals surface area contributed by atoms with Crippen molar-refractivity contribution in [2.45, 2.75) is 20.3 Å². The number of nitro benzene ring substituents is 1. The predicted octanol–water partition coefficient (Wildman–Crippen LogP) is 3.54. The van der Waals surface area contributed by atoms with Crippen LogP contribution in [0.4, 0.5) is 5.69 Å². The zero-order valence-corrected chi connectivity index (χ0v) is 14.1. The number of nitrogens with one attached hydrogen (secondary N) is 1. The Morgan fingerprint density at radius 2 is 1.88 bits per heavy atom. The van der Waals surface area contributed by atoms with E-state index in [4.69, 9.17) is 4.74 Å². The van der Waals surface area contributed by atoms with Gasteiger partial charge in [-0.05, 0) is 43.2 Å². The van der Waals surface area contributed by atoms with E-state index >= 15 is 0 Å². The molecule has 0 aliphatic rings. The zero-order valence-electron chi connectivity index (χ0n) is 14.1. The Hall–Kier alpha value is -3.22. The van der Waals surface area contributed by atoms with E-state index in [-0.39, 0.29) is 11.6 Å². The lowest BCUT2D eigenvalue weighted by molar-refractivity contribution is -0.384. The molecule has 2 rings (SSSR count). The summed E-state index contributed by atoms with van der Waals surface area (Å²) in [5.74, 6) is 0.123. The molecule has 0 saturated heterocycles. The molecule has 0 fully saturated rings. The lowest BCUT2D eigenvalue weighted by atomic mass is 10.1. The lowest BCUT2D eigenvalue weighted by Crippen LogP contribution is -2.20. The van der Waals surface area contributed by atoms with Crippen LogP contribution in [-0.4, -0.2) is 23.1 Å². The fourth-order valence-electron chi connectivity index (χ4n) is 2.08. The highest BCUT2D eigenvalue weighted by molar-refractivity contribution is 6.01. The van der Waals surface area contributed by atoms with Gasteiger partial charge in [0.1, 0.15) is 5.75 Å². The predicted molar refractivity (Wildman–Crippen MR) is 95.0 cm³/mol. The normalized spacial score (nSPS) is 11.0. The van der Waals surface area contributed by atoms with Crippen LogP contribution in [0.5, 0.6) is 5.75 Å². The number of carbonyl (C=O) groups is 1. The molecule has 7 nitrogen and oxygen atoms in total. The Labute approximate surface area is 145 Å². The summed E-state index contributed by atoms with van der Waals surface area (Å²) >= 11 is 0. The molecule has 0 atom stereocenters. The van der Waals surface area contributed by atoms with Gasteiger partial charge in [-0.1, -0.05) is 19.1 Å². The van der Waals surface area contributed by atoms with Crippen molar-refractivity contribution in [3.05, 3.63) is 69.8 Å². The number of rotatable bonds is 7. The molecule has 0 saturated carbocycles. The number of ether oxygens (including phenoxy) is 1. The molecule has 0 radical (unpaired) electrons. The van der Waals surface area contributed by atoms with Gasteiger partial charge in [-0.3, -0.25) is 14.9 Å². The summed E-state index contributed by atoms with van der Waals surface area (Å²) in [6, 6.07) is 12.9. The maximum Gasteiger partial charge on any atom is 0.275 e. The van der Waals surface area contributed by atoms with Gasteiger partial charge in [0.25, 0.3) is 11.6 Å². The van der Waals surface area contributed by atoms with Crippen LogP contribution < -0.4 is 10.2 Å². The summed E-state index contributed by atoms with van der Waals surface area (Å²) in [6.07, 6.45) is 0.841. The SMILES string of the molecule is CCCOc1ccccc1C(=O)NN=C(C)c1ccc([N+](=O)[O-])cc1. The molecular weight excluding hydrogens is 322 g/mol. The van der Waals surface area contributed by atoms with Crippen LogP contribution in [0.1, 0.15) is 36.2 Å². The van der Waals surface area contributed by atoms with Gasteiger partial charge >= 0.3 is 0 Å². The van der Waals surface area contributed by atoms with Crippen molar-refractivity contribution in [2.24, 2.45) is 5.10 Å². The second-order valence-electron chi connectivity index (χ2n) is 5.29. The Bertz CT molecular complexity index is 785. The lowest BCUT2D eigenvalue weighted by Gasteiger charge is -2.09. The molecule has 25 heavy (non-hydrogen) atoms. The second-order valence-corrected chi connectivity index (χ2v) is 5.29. The number of amides is 1. The number of hydrogen-bond acceptors (Lipinski definition) is 5. The third-order valence-electron chi connectivity index (χ3n) is 3.41. The van der Waals surface area contributed by atoms with Crippen molar-refractivity contribution >= 4 is 17.3 Å². The maximum atomic E-state index is 12.3. The van der Waals surface area contributed by atoms with Crippen LogP contribution in [0.25, 0.3) is 0 Å². The summed E-state index contributed by atoms with van der Waals surface area (Å²) < 4.78 is 5.56. The van der Waals surface area contributed by atoms with Crippen LogP contribution in [0.2, 0.25) is 0 Å². The average Bonchev–Trinajstić information content (AvgIpc) is 2.64. The van der Waals surface area contributed by atoms with E-state index in [0.717, 1.165) is 6.42 Å². The molecule has 0 aliphatic carbocycles. The minimum Gasteiger partial charge on any atom is -0.493 e. The van der Waals surface area contributed by atoms with Gasteiger partial charge in [0.05, 0.1) is 22.8 Å². The van der Waals surface area contributed by atoms with Crippen LogP contribution in [0.3, 0.4) is 0 Å². The van der Waals surface area contributed by atoms with Gasteiger partial charge in [-0.15, -0.1) is 0 Å². The summed E-state index contributed by atoms with van der Waals surface area (Å²) in [4.78, 5) is 22.5. The number of non-ortho nitro benzene ring substituents is 1. The Morgan fingerprint density at radius 1 is 1.20 bits per heavy atom. The maximum absolute atomic E-state index is 12.3. The topological polar surface area (TPSA) is 93.8 Å². The molecule has 0 bridgehead atoms. The highest BCUT2D eigenvalue weighted by Gasteiger charge is 2.12. The highest BCUT2D eigenvalue weighted by atomic mass is 16.6. The summed E-state index contributed by atoms with van der Waals surface area (Å²) in [5, 5.41) is 14.7. The molecular formula is C18H19N3O4. The quantitative estimate of drug-likeness (QED) is 0.473. The highest BCUT2D eigenvalue weighted by Crippen LogP contribution is 2.18. The van der Waals surface area contributed by atoms with E-state index < -0.39 is 4.92 Å². The van der Waals surface area contributed by atoms with Crippen LogP contribution in [0.15, 0.2) is 53.6 Å². The Morgan fingerprint density at radius 3 is 2.52 bits per heavy atom. The number of carbonyl (C=O) groups excluding carboxylic acids is 1. The van der Waals surface area contributed by atoms with Gasteiger partial charge in [-0.25, -0.2) is 5.43 Å². The first kappa shape index (κ1) is 18.1. The summed E-state index contributed by atoms with van der Waals surface area (Å²) in [5.41, 5.74) is 4.11. The van der Waals surface area contributed by atoms with Gasteiger partial charge in [0, 0.05) is 12.1 Å². The number of benzene rings is 2. The first-order valence-corrected chi connectivity index (χ1v) is 7.84. The molecule has 2 aromatic rings. The van der Waals surface area contributed by atoms with Crippen molar-refractivity contribution in [1.82, 2.24) is 5.43 Å². The number of hydrazone groups is 1. The largest absolute Gasteiger partial charge is 0.493 e. The molecule has 1 amide bonds. The second kappa shape index (κ2) is 8.58. The number of nitro groups is 1. The van der Waals surface area contributed by atoms with Crippen LogP contribution in [0, 0.1) is 10.1 Å².